The Hall–Kier alpha value is -2.82. The molecule has 0 N–H and O–H groups in total. The van der Waals surface area contributed by atoms with Crippen molar-refractivity contribution in [3.63, 3.8) is 0 Å². The number of morpholine rings is 1. The van der Waals surface area contributed by atoms with E-state index in [9.17, 15) is 0 Å². The Labute approximate surface area is 211 Å². The predicted molar refractivity (Wildman–Crippen MR) is 136 cm³/mol. The van der Waals surface area contributed by atoms with Crippen molar-refractivity contribution in [2.24, 2.45) is 0 Å². The summed E-state index contributed by atoms with van der Waals surface area (Å²) in [5, 5.41) is 5.65. The van der Waals surface area contributed by atoms with E-state index in [1.807, 2.05) is 36.8 Å². The van der Waals surface area contributed by atoms with Crippen LogP contribution in [-0.4, -0.2) is 58.0 Å². The minimum atomic E-state index is -0.427. The van der Waals surface area contributed by atoms with E-state index in [0.717, 1.165) is 15.4 Å². The van der Waals surface area contributed by atoms with Crippen LogP contribution < -0.4 is 9.80 Å². The number of aromatic nitrogens is 5. The first-order valence-electron chi connectivity index (χ1n) is 11.6. The Kier molecular flexibility index (Phi) is 5.62. The summed E-state index contributed by atoms with van der Waals surface area (Å²) in [5.74, 6) is 0.0798. The van der Waals surface area contributed by atoms with E-state index in [0.29, 0.717) is 47.0 Å². The molecule has 4 heterocycles. The topological polar surface area (TPSA) is 72.2 Å². The van der Waals surface area contributed by atoms with E-state index >= 15 is 4.39 Å². The third kappa shape index (κ3) is 4.34. The molecule has 11 heteroatoms. The number of fused-ring (bicyclic) bond motifs is 1. The number of nitrogens with zero attached hydrogens (tertiary/aromatic N) is 7. The standard InChI is InChI=1S/C24H25ClFN7OS/c1-13-10-32(12-19(34-13)14-9-27-33(11-14)16-5-6-16)23-28-20(17-7-4-15(25)8-18(17)26)21-22(29-23)30-24(35-21)31(2)3/h4,7-9,11,13,16,19H,5-6,10,12H2,1-3H3/t13-,19+/m1/s1. The summed E-state index contributed by atoms with van der Waals surface area (Å²) in [5.41, 5.74) is 2.48. The SMILES string of the molecule is C[C@@H]1CN(c2nc(-c3ccc(Cl)cc3F)c3sc(N(C)C)nc3n2)C[C@@H](c2cnn(C3CC3)c2)O1. The molecular formula is C24H25ClFN7OS. The second kappa shape index (κ2) is 8.69. The van der Waals surface area contributed by atoms with Gasteiger partial charge in [-0.05, 0) is 38.0 Å². The number of benzene rings is 1. The first kappa shape index (κ1) is 22.6. The van der Waals surface area contributed by atoms with Gasteiger partial charge >= 0.3 is 0 Å². The number of hydrogen-bond donors (Lipinski definition) is 0. The lowest BCUT2D eigenvalue weighted by molar-refractivity contribution is -0.0178. The van der Waals surface area contributed by atoms with Gasteiger partial charge in [0.2, 0.25) is 5.95 Å². The number of ether oxygens (including phenoxy) is 1. The molecule has 0 bridgehead atoms. The lowest BCUT2D eigenvalue weighted by Crippen LogP contribution is -2.43. The number of anilines is 2. The van der Waals surface area contributed by atoms with Crippen LogP contribution in [0, 0.1) is 5.82 Å². The molecule has 1 aliphatic carbocycles. The van der Waals surface area contributed by atoms with Crippen molar-refractivity contribution < 1.29 is 9.13 Å². The summed E-state index contributed by atoms with van der Waals surface area (Å²) < 4.78 is 24.0. The molecule has 6 rings (SSSR count). The van der Waals surface area contributed by atoms with Crippen LogP contribution in [0.5, 0.6) is 0 Å². The summed E-state index contributed by atoms with van der Waals surface area (Å²) in [7, 11) is 3.84. The van der Waals surface area contributed by atoms with Gasteiger partial charge in [0.15, 0.2) is 10.8 Å². The maximum absolute atomic E-state index is 15.0. The number of thiazole rings is 1. The van der Waals surface area contributed by atoms with Crippen molar-refractivity contribution in [2.75, 3.05) is 37.0 Å². The summed E-state index contributed by atoms with van der Waals surface area (Å²) in [4.78, 5) is 18.4. The van der Waals surface area contributed by atoms with Crippen LogP contribution in [0.25, 0.3) is 21.6 Å². The molecule has 4 aromatic rings. The monoisotopic (exact) mass is 513 g/mol. The van der Waals surface area contributed by atoms with Gasteiger partial charge in [0.05, 0.1) is 30.6 Å². The van der Waals surface area contributed by atoms with E-state index in [1.165, 1.54) is 30.2 Å². The van der Waals surface area contributed by atoms with Crippen LogP contribution in [-0.2, 0) is 4.74 Å². The zero-order chi connectivity index (χ0) is 24.3. The lowest BCUT2D eigenvalue weighted by atomic mass is 10.1. The van der Waals surface area contributed by atoms with Crippen LogP contribution in [0.15, 0.2) is 30.6 Å². The minimum absolute atomic E-state index is 0.0409. The lowest BCUT2D eigenvalue weighted by Gasteiger charge is -2.36. The maximum Gasteiger partial charge on any atom is 0.228 e. The molecule has 0 spiro atoms. The Bertz CT molecular complexity index is 1400. The molecule has 1 aromatic carbocycles. The highest BCUT2D eigenvalue weighted by Gasteiger charge is 2.32. The first-order valence-corrected chi connectivity index (χ1v) is 12.8. The van der Waals surface area contributed by atoms with E-state index in [4.69, 9.17) is 31.3 Å². The highest BCUT2D eigenvalue weighted by atomic mass is 35.5. The highest BCUT2D eigenvalue weighted by molar-refractivity contribution is 7.22. The summed E-state index contributed by atoms with van der Waals surface area (Å²) >= 11 is 7.46. The average molecular weight is 514 g/mol. The number of rotatable bonds is 5. The van der Waals surface area contributed by atoms with E-state index in [1.54, 1.807) is 12.1 Å². The van der Waals surface area contributed by atoms with Gasteiger partial charge in [-0.3, -0.25) is 4.68 Å². The average Bonchev–Trinajstić information content (AvgIpc) is 3.38. The smallest absolute Gasteiger partial charge is 0.228 e. The third-order valence-corrected chi connectivity index (χ3v) is 7.71. The van der Waals surface area contributed by atoms with Crippen molar-refractivity contribution in [3.05, 3.63) is 47.0 Å². The molecule has 2 fully saturated rings. The Morgan fingerprint density at radius 3 is 2.74 bits per heavy atom. The molecule has 1 aliphatic heterocycles. The number of halogens is 2. The second-order valence-electron chi connectivity index (χ2n) is 9.37. The first-order chi connectivity index (χ1) is 16.9. The zero-order valence-electron chi connectivity index (χ0n) is 19.7. The third-order valence-electron chi connectivity index (χ3n) is 6.26. The molecule has 2 atom stereocenters. The van der Waals surface area contributed by atoms with Gasteiger partial charge in [-0.2, -0.15) is 15.1 Å². The summed E-state index contributed by atoms with van der Waals surface area (Å²) in [6.07, 6.45) is 6.13. The van der Waals surface area contributed by atoms with Gasteiger partial charge < -0.3 is 14.5 Å². The molecule has 0 amide bonds. The van der Waals surface area contributed by atoms with Crippen LogP contribution in [0.3, 0.4) is 0 Å². The van der Waals surface area contributed by atoms with Crippen molar-refractivity contribution in [3.8, 4) is 11.3 Å². The minimum Gasteiger partial charge on any atom is -0.367 e. The Morgan fingerprint density at radius 2 is 2.00 bits per heavy atom. The molecule has 35 heavy (non-hydrogen) atoms. The Morgan fingerprint density at radius 1 is 1.17 bits per heavy atom. The summed E-state index contributed by atoms with van der Waals surface area (Å²) in [6, 6.07) is 5.16. The molecule has 3 aromatic heterocycles. The molecular weight excluding hydrogens is 489 g/mol. The molecule has 8 nitrogen and oxygen atoms in total. The van der Waals surface area contributed by atoms with E-state index in [2.05, 4.69) is 16.2 Å². The molecule has 0 radical (unpaired) electrons. The Balaban J connectivity index is 1.41. The van der Waals surface area contributed by atoms with Crippen molar-refractivity contribution in [1.29, 1.82) is 0 Å². The van der Waals surface area contributed by atoms with Gasteiger partial charge in [0, 0.05) is 43.0 Å². The van der Waals surface area contributed by atoms with Crippen LogP contribution in [0.1, 0.15) is 37.5 Å². The van der Waals surface area contributed by atoms with Gasteiger partial charge in [0.1, 0.15) is 16.6 Å². The van der Waals surface area contributed by atoms with Crippen molar-refractivity contribution >= 4 is 44.4 Å². The fraction of sp³-hybridized carbons (Fsp3) is 0.417. The van der Waals surface area contributed by atoms with Gasteiger partial charge in [-0.1, -0.05) is 22.9 Å². The quantitative estimate of drug-likeness (QED) is 0.367. The predicted octanol–water partition coefficient (Wildman–Crippen LogP) is 5.11. The molecule has 182 valence electrons. The second-order valence-corrected chi connectivity index (χ2v) is 10.8. The van der Waals surface area contributed by atoms with E-state index in [-0.39, 0.29) is 12.2 Å². The largest absolute Gasteiger partial charge is 0.367 e. The van der Waals surface area contributed by atoms with Gasteiger partial charge in [-0.15, -0.1) is 0 Å². The van der Waals surface area contributed by atoms with E-state index < -0.39 is 5.82 Å². The normalized spacial score (nSPS) is 20.5. The highest BCUT2D eigenvalue weighted by Crippen LogP contribution is 2.38. The summed E-state index contributed by atoms with van der Waals surface area (Å²) in [6.45, 7) is 3.22. The maximum atomic E-state index is 15.0. The van der Waals surface area contributed by atoms with Crippen LogP contribution in [0.2, 0.25) is 5.02 Å². The van der Waals surface area contributed by atoms with Crippen LogP contribution >= 0.6 is 22.9 Å². The fourth-order valence-electron chi connectivity index (χ4n) is 4.35. The molecule has 1 saturated carbocycles. The van der Waals surface area contributed by atoms with Crippen molar-refractivity contribution in [1.82, 2.24) is 24.7 Å². The molecule has 1 saturated heterocycles. The zero-order valence-corrected chi connectivity index (χ0v) is 21.2. The van der Waals surface area contributed by atoms with Crippen molar-refractivity contribution in [2.45, 2.75) is 38.0 Å². The van der Waals surface area contributed by atoms with Crippen LogP contribution in [0.4, 0.5) is 15.5 Å². The fourth-order valence-corrected chi connectivity index (χ4v) is 5.45. The molecule has 0 unspecified atom stereocenters. The van der Waals surface area contributed by atoms with Gasteiger partial charge in [-0.25, -0.2) is 9.37 Å². The number of hydrogen-bond acceptors (Lipinski definition) is 8. The van der Waals surface area contributed by atoms with Gasteiger partial charge in [0.25, 0.3) is 0 Å². The molecule has 2 aliphatic rings.